The van der Waals surface area contributed by atoms with E-state index in [2.05, 4.69) is 10.4 Å². The number of anilines is 1. The maximum atomic E-state index is 12.5. The Hall–Kier alpha value is -3.15. The Morgan fingerprint density at radius 2 is 1.88 bits per heavy atom. The fraction of sp³-hybridized carbons (Fsp3) is 0.211. The first-order valence-corrected chi connectivity index (χ1v) is 8.16. The van der Waals surface area contributed by atoms with Gasteiger partial charge in [-0.05, 0) is 38.1 Å². The highest BCUT2D eigenvalue weighted by atomic mass is 16.2. The number of aromatic nitrogens is 2. The summed E-state index contributed by atoms with van der Waals surface area (Å²) in [4.78, 5) is 29.1. The summed E-state index contributed by atoms with van der Waals surface area (Å²) in [6.07, 6.45) is 1.41. The van der Waals surface area contributed by atoms with E-state index in [9.17, 15) is 9.59 Å². The lowest BCUT2D eigenvalue weighted by atomic mass is 10.2. The predicted octanol–water partition coefficient (Wildman–Crippen LogP) is 2.26. The Bertz CT molecular complexity index is 948. The molecule has 128 valence electrons. The van der Waals surface area contributed by atoms with Gasteiger partial charge in [0.05, 0.1) is 22.9 Å². The van der Waals surface area contributed by atoms with Crippen LogP contribution in [-0.4, -0.2) is 22.0 Å². The van der Waals surface area contributed by atoms with Crippen LogP contribution in [0.2, 0.25) is 0 Å². The Morgan fingerprint density at radius 3 is 2.60 bits per heavy atom. The molecule has 1 heterocycles. The van der Waals surface area contributed by atoms with Gasteiger partial charge in [-0.3, -0.25) is 24.6 Å². The van der Waals surface area contributed by atoms with Gasteiger partial charge >= 0.3 is 0 Å². The third kappa shape index (κ3) is 3.68. The van der Waals surface area contributed by atoms with E-state index in [4.69, 9.17) is 0 Å². The van der Waals surface area contributed by atoms with Crippen molar-refractivity contribution in [3.63, 3.8) is 0 Å². The second-order valence-electron chi connectivity index (χ2n) is 5.81. The average Bonchev–Trinajstić information content (AvgIpc) is 2.63. The van der Waals surface area contributed by atoms with Gasteiger partial charge in [0.1, 0.15) is 6.54 Å². The van der Waals surface area contributed by atoms with Gasteiger partial charge in [0.25, 0.3) is 11.5 Å². The summed E-state index contributed by atoms with van der Waals surface area (Å²) in [6, 6.07) is 15.0. The third-order valence-corrected chi connectivity index (χ3v) is 3.97. The Kier molecular flexibility index (Phi) is 4.79. The molecule has 3 aromatic rings. The number of carbonyl (C=O) groups is 1. The van der Waals surface area contributed by atoms with Gasteiger partial charge in [-0.2, -0.15) is 0 Å². The number of fused-ring (bicyclic) bond motifs is 1. The molecule has 1 amide bonds. The highest BCUT2D eigenvalue weighted by Crippen LogP contribution is 2.12. The number of hydrogen-bond acceptors (Lipinski definition) is 4. The molecule has 0 saturated heterocycles. The molecule has 3 rings (SSSR count). The van der Waals surface area contributed by atoms with E-state index in [-0.39, 0.29) is 18.0 Å². The summed E-state index contributed by atoms with van der Waals surface area (Å²) < 4.78 is 1.32. The van der Waals surface area contributed by atoms with Crippen molar-refractivity contribution >= 4 is 22.5 Å². The zero-order valence-corrected chi connectivity index (χ0v) is 14.3. The number of hydrogen-bond donors (Lipinski definition) is 1. The predicted molar refractivity (Wildman–Crippen MR) is 98.3 cm³/mol. The van der Waals surface area contributed by atoms with Gasteiger partial charge < -0.3 is 0 Å². The normalized spacial score (nSPS) is 10.6. The van der Waals surface area contributed by atoms with Gasteiger partial charge in [-0.15, -0.1) is 0 Å². The molecule has 1 aromatic heterocycles. The Morgan fingerprint density at radius 1 is 1.16 bits per heavy atom. The molecule has 0 atom stereocenters. The molecule has 0 spiro atoms. The molecule has 0 aliphatic heterocycles. The first kappa shape index (κ1) is 16.7. The number of hydrazine groups is 1. The van der Waals surface area contributed by atoms with E-state index in [0.717, 1.165) is 11.3 Å². The fourth-order valence-electron chi connectivity index (χ4n) is 2.61. The molecule has 0 aliphatic carbocycles. The summed E-state index contributed by atoms with van der Waals surface area (Å²) in [5.41, 5.74) is 5.28. The molecule has 6 heteroatoms. The summed E-state index contributed by atoms with van der Waals surface area (Å²) in [5.74, 6) is -0.276. The van der Waals surface area contributed by atoms with Crippen LogP contribution in [-0.2, 0) is 11.3 Å². The van der Waals surface area contributed by atoms with Crippen molar-refractivity contribution in [2.24, 2.45) is 0 Å². The number of para-hydroxylation sites is 1. The van der Waals surface area contributed by atoms with Crippen LogP contribution in [0.1, 0.15) is 12.5 Å². The number of nitrogens with one attached hydrogen (secondary N) is 1. The topological polar surface area (TPSA) is 67.2 Å². The number of nitrogens with zero attached hydrogens (tertiary/aromatic N) is 3. The summed E-state index contributed by atoms with van der Waals surface area (Å²) in [7, 11) is 0. The third-order valence-electron chi connectivity index (χ3n) is 3.97. The van der Waals surface area contributed by atoms with Gasteiger partial charge in [0, 0.05) is 6.54 Å². The lowest BCUT2D eigenvalue weighted by Gasteiger charge is -2.24. The van der Waals surface area contributed by atoms with Crippen LogP contribution in [0.4, 0.5) is 5.69 Å². The van der Waals surface area contributed by atoms with E-state index in [1.807, 2.05) is 44.2 Å². The molecular weight excluding hydrogens is 316 g/mol. The second-order valence-corrected chi connectivity index (χ2v) is 5.81. The van der Waals surface area contributed by atoms with Crippen LogP contribution in [0.5, 0.6) is 0 Å². The first-order valence-electron chi connectivity index (χ1n) is 8.16. The van der Waals surface area contributed by atoms with Crippen molar-refractivity contribution in [3.8, 4) is 0 Å². The zero-order valence-electron chi connectivity index (χ0n) is 14.3. The van der Waals surface area contributed by atoms with E-state index >= 15 is 0 Å². The lowest BCUT2D eigenvalue weighted by molar-refractivity contribution is -0.121. The monoisotopic (exact) mass is 336 g/mol. The molecular formula is C19H20N4O2. The lowest BCUT2D eigenvalue weighted by Crippen LogP contribution is -2.44. The molecule has 0 fully saturated rings. The highest BCUT2D eigenvalue weighted by Gasteiger charge is 2.11. The van der Waals surface area contributed by atoms with Crippen LogP contribution < -0.4 is 16.0 Å². The molecule has 2 aromatic carbocycles. The van der Waals surface area contributed by atoms with Crippen molar-refractivity contribution in [1.29, 1.82) is 0 Å². The van der Waals surface area contributed by atoms with E-state index < -0.39 is 0 Å². The largest absolute Gasteiger partial charge is 0.289 e. The minimum absolute atomic E-state index is 0.0843. The Labute approximate surface area is 145 Å². The van der Waals surface area contributed by atoms with Crippen LogP contribution in [0.25, 0.3) is 10.9 Å². The van der Waals surface area contributed by atoms with Crippen LogP contribution >= 0.6 is 0 Å². The van der Waals surface area contributed by atoms with Gasteiger partial charge in [-0.1, -0.05) is 29.8 Å². The van der Waals surface area contributed by atoms with Gasteiger partial charge in [-0.25, -0.2) is 4.98 Å². The maximum Gasteiger partial charge on any atom is 0.261 e. The summed E-state index contributed by atoms with van der Waals surface area (Å²) >= 11 is 0. The summed E-state index contributed by atoms with van der Waals surface area (Å²) in [5, 5.41) is 2.25. The molecule has 0 bridgehead atoms. The summed E-state index contributed by atoms with van der Waals surface area (Å²) in [6.45, 7) is 4.49. The molecule has 0 saturated carbocycles. The van der Waals surface area contributed by atoms with Crippen molar-refractivity contribution in [2.75, 3.05) is 11.6 Å². The van der Waals surface area contributed by atoms with Crippen molar-refractivity contribution in [3.05, 3.63) is 70.8 Å². The number of aryl methyl sites for hydroxylation is 1. The number of amides is 1. The first-order chi connectivity index (χ1) is 12.1. The fourth-order valence-corrected chi connectivity index (χ4v) is 2.61. The molecule has 1 N–H and O–H groups in total. The van der Waals surface area contributed by atoms with Gasteiger partial charge in [0.2, 0.25) is 0 Å². The quantitative estimate of drug-likeness (QED) is 0.726. The van der Waals surface area contributed by atoms with E-state index in [1.54, 1.807) is 23.2 Å². The van der Waals surface area contributed by atoms with Crippen LogP contribution in [0.3, 0.4) is 0 Å². The Balaban J connectivity index is 1.76. The van der Waals surface area contributed by atoms with E-state index in [0.29, 0.717) is 17.4 Å². The number of carbonyl (C=O) groups excluding carboxylic acids is 1. The van der Waals surface area contributed by atoms with Crippen molar-refractivity contribution < 1.29 is 4.79 Å². The minimum atomic E-state index is -0.276. The van der Waals surface area contributed by atoms with Crippen molar-refractivity contribution in [1.82, 2.24) is 15.0 Å². The molecule has 25 heavy (non-hydrogen) atoms. The average molecular weight is 336 g/mol. The SMILES string of the molecule is CCN(NC(=O)Cn1cnc2ccccc2c1=O)c1ccc(C)cc1. The minimum Gasteiger partial charge on any atom is -0.289 e. The molecule has 0 aliphatic rings. The van der Waals surface area contributed by atoms with E-state index in [1.165, 1.54) is 10.9 Å². The number of rotatable bonds is 5. The smallest absolute Gasteiger partial charge is 0.261 e. The number of benzene rings is 2. The molecule has 0 unspecified atom stereocenters. The second kappa shape index (κ2) is 7.17. The maximum absolute atomic E-state index is 12.5. The standard InChI is InChI=1S/C19H20N4O2/c1-3-23(15-10-8-14(2)9-11-15)21-18(24)12-22-13-20-17-7-5-4-6-16(17)19(22)25/h4-11,13H,3,12H2,1-2H3,(H,21,24). The molecule has 6 nitrogen and oxygen atoms in total. The van der Waals surface area contributed by atoms with Crippen LogP contribution in [0.15, 0.2) is 59.7 Å². The van der Waals surface area contributed by atoms with Crippen molar-refractivity contribution in [2.45, 2.75) is 20.4 Å². The molecule has 0 radical (unpaired) electrons. The zero-order chi connectivity index (χ0) is 17.8. The highest BCUT2D eigenvalue weighted by molar-refractivity contribution is 5.79. The van der Waals surface area contributed by atoms with Crippen LogP contribution in [0, 0.1) is 6.92 Å². The van der Waals surface area contributed by atoms with Gasteiger partial charge in [0.15, 0.2) is 0 Å².